The Balaban J connectivity index is 1.69. The molecular formula is C19H28O4. The molecule has 2 heterocycles. The van der Waals surface area contributed by atoms with Crippen LogP contribution in [-0.4, -0.2) is 30.4 Å². The average Bonchev–Trinajstić information content (AvgIpc) is 3.01. The molecule has 0 N–H and O–H groups in total. The number of rotatable bonds is 6. The lowest BCUT2D eigenvalue weighted by atomic mass is 10.0. The smallest absolute Gasteiger partial charge is 0.190 e. The zero-order chi connectivity index (χ0) is 16.4. The Bertz CT molecular complexity index is 503. The lowest BCUT2D eigenvalue weighted by Crippen LogP contribution is -2.40. The van der Waals surface area contributed by atoms with Gasteiger partial charge in [-0.15, -0.1) is 0 Å². The highest BCUT2D eigenvalue weighted by Gasteiger charge is 2.57. The van der Waals surface area contributed by atoms with E-state index >= 15 is 0 Å². The zero-order valence-electron chi connectivity index (χ0n) is 14.5. The molecule has 0 aliphatic carbocycles. The second-order valence-corrected chi connectivity index (χ2v) is 6.96. The van der Waals surface area contributed by atoms with E-state index in [0.29, 0.717) is 6.61 Å². The van der Waals surface area contributed by atoms with E-state index in [1.807, 2.05) is 25.1 Å². The van der Waals surface area contributed by atoms with Gasteiger partial charge in [-0.25, -0.2) is 0 Å². The van der Waals surface area contributed by atoms with Crippen LogP contribution in [0.15, 0.2) is 30.3 Å². The third kappa shape index (κ3) is 3.45. The normalized spacial score (nSPS) is 36.6. The van der Waals surface area contributed by atoms with Crippen molar-refractivity contribution in [3.05, 3.63) is 35.9 Å². The van der Waals surface area contributed by atoms with E-state index in [9.17, 15) is 0 Å². The van der Waals surface area contributed by atoms with Gasteiger partial charge in [0.05, 0.1) is 12.7 Å². The fraction of sp³-hybridized carbons (Fsp3) is 0.684. The minimum Gasteiger partial charge on any atom is -0.368 e. The number of fused-ring (bicyclic) bond motifs is 1. The Labute approximate surface area is 139 Å². The molecule has 2 aliphatic heterocycles. The fourth-order valence-corrected chi connectivity index (χ4v) is 3.20. The van der Waals surface area contributed by atoms with Gasteiger partial charge in [0.2, 0.25) is 0 Å². The third-order valence-electron chi connectivity index (χ3n) is 4.89. The van der Waals surface area contributed by atoms with Gasteiger partial charge in [0, 0.05) is 5.92 Å². The molecule has 0 saturated carbocycles. The average molecular weight is 320 g/mol. The molecule has 23 heavy (non-hydrogen) atoms. The van der Waals surface area contributed by atoms with Crippen LogP contribution in [0, 0.1) is 5.92 Å². The molecule has 4 heteroatoms. The second kappa shape index (κ2) is 6.89. The number of hydrogen-bond donors (Lipinski definition) is 0. The molecule has 128 valence electrons. The molecule has 2 aliphatic rings. The molecular weight excluding hydrogens is 292 g/mol. The van der Waals surface area contributed by atoms with Crippen LogP contribution in [0.25, 0.3) is 0 Å². The van der Waals surface area contributed by atoms with Crippen LogP contribution in [0.5, 0.6) is 0 Å². The first-order chi connectivity index (χ1) is 11.0. The van der Waals surface area contributed by atoms with E-state index in [0.717, 1.165) is 18.4 Å². The van der Waals surface area contributed by atoms with Crippen molar-refractivity contribution >= 4 is 0 Å². The number of benzene rings is 1. The minimum absolute atomic E-state index is 0.0374. The van der Waals surface area contributed by atoms with E-state index in [1.165, 1.54) is 0 Å². The highest BCUT2D eigenvalue weighted by molar-refractivity contribution is 5.13. The highest BCUT2D eigenvalue weighted by atomic mass is 16.8. The molecule has 0 radical (unpaired) electrons. The highest BCUT2D eigenvalue weighted by Crippen LogP contribution is 2.43. The molecule has 0 aromatic heterocycles. The van der Waals surface area contributed by atoms with Gasteiger partial charge in [0.25, 0.3) is 0 Å². The van der Waals surface area contributed by atoms with Crippen LogP contribution >= 0.6 is 0 Å². The summed E-state index contributed by atoms with van der Waals surface area (Å²) in [4.78, 5) is 0. The molecule has 0 bridgehead atoms. The maximum Gasteiger partial charge on any atom is 0.190 e. The summed E-state index contributed by atoms with van der Waals surface area (Å²) in [5.41, 5.74) is 1.16. The number of ether oxygens (including phenoxy) is 4. The predicted octanol–water partition coefficient (Wildman–Crippen LogP) is 3.88. The van der Waals surface area contributed by atoms with Crippen LogP contribution in [0.3, 0.4) is 0 Å². The standard InChI is InChI=1S/C19H28O4/c1-5-9-15-16(20-12-14-10-7-6-8-11-14)17-18(21-15)23-19(4,22-17)13(2)3/h6-8,10-11,13,15-18H,5,9,12H2,1-4H3/t15-,16+,17-,18-,19?/m1/s1. The first-order valence-corrected chi connectivity index (χ1v) is 8.70. The molecule has 1 aromatic rings. The fourth-order valence-electron chi connectivity index (χ4n) is 3.20. The van der Waals surface area contributed by atoms with Crippen molar-refractivity contribution in [3.8, 4) is 0 Å². The van der Waals surface area contributed by atoms with Crippen molar-refractivity contribution in [3.63, 3.8) is 0 Å². The van der Waals surface area contributed by atoms with E-state index in [4.69, 9.17) is 18.9 Å². The summed E-state index contributed by atoms with van der Waals surface area (Å²) in [6.45, 7) is 8.92. The lowest BCUT2D eigenvalue weighted by Gasteiger charge is -2.31. The van der Waals surface area contributed by atoms with Gasteiger partial charge in [-0.3, -0.25) is 0 Å². The van der Waals surface area contributed by atoms with Crippen LogP contribution < -0.4 is 0 Å². The molecule has 5 atom stereocenters. The van der Waals surface area contributed by atoms with Gasteiger partial charge in [-0.2, -0.15) is 0 Å². The van der Waals surface area contributed by atoms with Crippen molar-refractivity contribution in [2.75, 3.05) is 0 Å². The second-order valence-electron chi connectivity index (χ2n) is 6.96. The summed E-state index contributed by atoms with van der Waals surface area (Å²) >= 11 is 0. The topological polar surface area (TPSA) is 36.9 Å². The summed E-state index contributed by atoms with van der Waals surface area (Å²) in [5.74, 6) is -0.336. The predicted molar refractivity (Wildman–Crippen MR) is 87.8 cm³/mol. The maximum atomic E-state index is 6.24. The molecule has 4 nitrogen and oxygen atoms in total. The van der Waals surface area contributed by atoms with E-state index in [-0.39, 0.29) is 30.5 Å². The Hall–Kier alpha value is -0.940. The van der Waals surface area contributed by atoms with Crippen molar-refractivity contribution in [2.45, 2.75) is 77.5 Å². The quantitative estimate of drug-likeness (QED) is 0.797. The maximum absolute atomic E-state index is 6.24. The summed E-state index contributed by atoms with van der Waals surface area (Å²) in [6, 6.07) is 10.2. The zero-order valence-corrected chi connectivity index (χ0v) is 14.5. The largest absolute Gasteiger partial charge is 0.368 e. The first kappa shape index (κ1) is 16.9. The Kier molecular flexibility index (Phi) is 5.07. The van der Waals surface area contributed by atoms with Gasteiger partial charge in [-0.1, -0.05) is 57.5 Å². The minimum atomic E-state index is -0.596. The Morgan fingerprint density at radius 1 is 1.17 bits per heavy atom. The molecule has 3 rings (SSSR count). The summed E-state index contributed by atoms with van der Waals surface area (Å²) in [5, 5.41) is 0. The van der Waals surface area contributed by atoms with Crippen molar-refractivity contribution in [1.82, 2.24) is 0 Å². The molecule has 0 spiro atoms. The summed E-state index contributed by atoms with van der Waals surface area (Å²) in [7, 11) is 0. The van der Waals surface area contributed by atoms with Crippen molar-refractivity contribution in [1.29, 1.82) is 0 Å². The van der Waals surface area contributed by atoms with Crippen molar-refractivity contribution in [2.24, 2.45) is 5.92 Å². The van der Waals surface area contributed by atoms with Gasteiger partial charge >= 0.3 is 0 Å². The molecule has 0 amide bonds. The summed E-state index contributed by atoms with van der Waals surface area (Å²) < 4.78 is 24.6. The van der Waals surface area contributed by atoms with Crippen LogP contribution in [0.2, 0.25) is 0 Å². The number of hydrogen-bond acceptors (Lipinski definition) is 4. The first-order valence-electron chi connectivity index (χ1n) is 8.70. The van der Waals surface area contributed by atoms with Gasteiger partial charge in [-0.05, 0) is 18.9 Å². The van der Waals surface area contributed by atoms with Gasteiger partial charge < -0.3 is 18.9 Å². The summed E-state index contributed by atoms with van der Waals surface area (Å²) in [6.07, 6.45) is 1.49. The van der Waals surface area contributed by atoms with E-state index in [2.05, 4.69) is 32.9 Å². The van der Waals surface area contributed by atoms with Gasteiger partial charge in [0.1, 0.15) is 12.2 Å². The molecule has 2 fully saturated rings. The van der Waals surface area contributed by atoms with Crippen molar-refractivity contribution < 1.29 is 18.9 Å². The van der Waals surface area contributed by atoms with Crippen LogP contribution in [0.4, 0.5) is 0 Å². The molecule has 1 aromatic carbocycles. The lowest BCUT2D eigenvalue weighted by molar-refractivity contribution is -0.247. The van der Waals surface area contributed by atoms with Crippen LogP contribution in [0.1, 0.15) is 46.1 Å². The Morgan fingerprint density at radius 2 is 1.91 bits per heavy atom. The van der Waals surface area contributed by atoms with Crippen LogP contribution in [-0.2, 0) is 25.6 Å². The van der Waals surface area contributed by atoms with E-state index < -0.39 is 5.79 Å². The Morgan fingerprint density at radius 3 is 2.57 bits per heavy atom. The molecule has 2 saturated heterocycles. The van der Waals surface area contributed by atoms with E-state index in [1.54, 1.807) is 0 Å². The monoisotopic (exact) mass is 320 g/mol. The molecule has 1 unspecified atom stereocenters. The SMILES string of the molecule is CCC[C@H]1O[C@@H]2OC(C)(C(C)C)O[C@@H]2[C@H]1OCc1ccccc1. The van der Waals surface area contributed by atoms with Gasteiger partial charge in [0.15, 0.2) is 12.1 Å². The third-order valence-corrected chi connectivity index (χ3v) is 4.89.